The fourth-order valence-electron chi connectivity index (χ4n) is 2.53. The molecule has 0 aliphatic carbocycles. The number of benzene rings is 2. The average Bonchev–Trinajstić information content (AvgIpc) is 3.52. The highest BCUT2D eigenvalue weighted by atomic mass is 16.6. The highest BCUT2D eigenvalue weighted by molar-refractivity contribution is 5.63. The van der Waals surface area contributed by atoms with Crippen LogP contribution < -0.4 is 0 Å². The second-order valence-corrected chi connectivity index (χ2v) is 6.33. The SMILES string of the molecule is c1cc(-c2ccc(COCC3CO3)cc2)ccc1COCC1CO1. The summed E-state index contributed by atoms with van der Waals surface area (Å²) in [6.45, 7) is 4.35. The summed E-state index contributed by atoms with van der Waals surface area (Å²) >= 11 is 0. The maximum Gasteiger partial charge on any atom is 0.104 e. The van der Waals surface area contributed by atoms with E-state index in [9.17, 15) is 0 Å². The van der Waals surface area contributed by atoms with Crippen LogP contribution in [0.2, 0.25) is 0 Å². The number of hydrogen-bond donors (Lipinski definition) is 0. The van der Waals surface area contributed by atoms with Crippen molar-refractivity contribution in [2.75, 3.05) is 26.4 Å². The van der Waals surface area contributed by atoms with Crippen LogP contribution in [0.3, 0.4) is 0 Å². The Morgan fingerprint density at radius 1 is 0.667 bits per heavy atom. The van der Waals surface area contributed by atoms with Crippen LogP contribution in [0.1, 0.15) is 11.1 Å². The first-order valence-electron chi connectivity index (χ1n) is 8.44. The molecule has 2 fully saturated rings. The standard InChI is InChI=1S/C20H22O4/c1-5-17(6-2-15(1)9-21-11-19-13-23-19)18-7-3-16(4-8-18)10-22-12-20-14-24-20/h1-8,19-20H,9-14H2. The Balaban J connectivity index is 1.28. The molecule has 4 rings (SSSR count). The number of hydrogen-bond acceptors (Lipinski definition) is 4. The van der Waals surface area contributed by atoms with Crippen molar-refractivity contribution in [2.24, 2.45) is 0 Å². The van der Waals surface area contributed by atoms with Crippen LogP contribution in [0.15, 0.2) is 48.5 Å². The van der Waals surface area contributed by atoms with E-state index in [0.29, 0.717) is 38.6 Å². The van der Waals surface area contributed by atoms with Gasteiger partial charge in [-0.1, -0.05) is 48.5 Å². The van der Waals surface area contributed by atoms with E-state index in [1.54, 1.807) is 0 Å². The molecule has 126 valence electrons. The topological polar surface area (TPSA) is 43.5 Å². The lowest BCUT2D eigenvalue weighted by Crippen LogP contribution is -2.01. The van der Waals surface area contributed by atoms with Crippen LogP contribution in [0.5, 0.6) is 0 Å². The van der Waals surface area contributed by atoms with Crippen LogP contribution in [0.4, 0.5) is 0 Å². The van der Waals surface area contributed by atoms with E-state index in [1.165, 1.54) is 22.3 Å². The maximum absolute atomic E-state index is 5.62. The van der Waals surface area contributed by atoms with E-state index in [2.05, 4.69) is 48.5 Å². The first-order chi connectivity index (χ1) is 11.9. The molecular formula is C20H22O4. The zero-order valence-corrected chi connectivity index (χ0v) is 13.6. The zero-order valence-electron chi connectivity index (χ0n) is 13.6. The summed E-state index contributed by atoms with van der Waals surface area (Å²) in [5.41, 5.74) is 4.80. The molecule has 0 spiro atoms. The summed E-state index contributed by atoms with van der Waals surface area (Å²) in [5, 5.41) is 0. The Hall–Kier alpha value is -1.72. The van der Waals surface area contributed by atoms with Gasteiger partial charge in [-0.2, -0.15) is 0 Å². The average molecular weight is 326 g/mol. The lowest BCUT2D eigenvalue weighted by Gasteiger charge is -2.07. The third-order valence-electron chi connectivity index (χ3n) is 4.19. The summed E-state index contributed by atoms with van der Waals surface area (Å²) < 4.78 is 21.5. The summed E-state index contributed by atoms with van der Waals surface area (Å²) in [5.74, 6) is 0. The molecule has 4 nitrogen and oxygen atoms in total. The van der Waals surface area contributed by atoms with Crippen LogP contribution in [0.25, 0.3) is 11.1 Å². The fourth-order valence-corrected chi connectivity index (χ4v) is 2.53. The van der Waals surface area contributed by atoms with E-state index in [4.69, 9.17) is 18.9 Å². The molecule has 4 heteroatoms. The molecule has 2 atom stereocenters. The van der Waals surface area contributed by atoms with Crippen molar-refractivity contribution in [2.45, 2.75) is 25.4 Å². The van der Waals surface area contributed by atoms with E-state index in [0.717, 1.165) is 13.2 Å². The molecule has 0 radical (unpaired) electrons. The minimum absolute atomic E-state index is 0.323. The smallest absolute Gasteiger partial charge is 0.104 e. The molecule has 2 aliphatic heterocycles. The lowest BCUT2D eigenvalue weighted by molar-refractivity contribution is 0.104. The van der Waals surface area contributed by atoms with Gasteiger partial charge in [0.1, 0.15) is 12.2 Å². The fraction of sp³-hybridized carbons (Fsp3) is 0.400. The molecule has 0 bridgehead atoms. The monoisotopic (exact) mass is 326 g/mol. The number of ether oxygens (including phenoxy) is 4. The van der Waals surface area contributed by atoms with Crippen LogP contribution >= 0.6 is 0 Å². The molecule has 0 aromatic heterocycles. The van der Waals surface area contributed by atoms with Crippen molar-refractivity contribution < 1.29 is 18.9 Å². The number of rotatable bonds is 9. The molecule has 0 N–H and O–H groups in total. The van der Waals surface area contributed by atoms with Gasteiger partial charge in [0.2, 0.25) is 0 Å². The minimum atomic E-state index is 0.323. The van der Waals surface area contributed by atoms with Gasteiger partial charge in [0, 0.05) is 0 Å². The summed E-state index contributed by atoms with van der Waals surface area (Å²) in [4.78, 5) is 0. The van der Waals surface area contributed by atoms with Gasteiger partial charge in [-0.05, 0) is 22.3 Å². The van der Waals surface area contributed by atoms with Crippen molar-refractivity contribution in [1.29, 1.82) is 0 Å². The lowest BCUT2D eigenvalue weighted by atomic mass is 10.0. The summed E-state index contributed by atoms with van der Waals surface area (Å²) in [6, 6.07) is 17.0. The van der Waals surface area contributed by atoms with Crippen LogP contribution in [-0.2, 0) is 32.2 Å². The normalized spacial score (nSPS) is 21.7. The predicted molar refractivity (Wildman–Crippen MR) is 90.7 cm³/mol. The first-order valence-corrected chi connectivity index (χ1v) is 8.44. The Bertz CT molecular complexity index is 583. The second kappa shape index (κ2) is 7.45. The quantitative estimate of drug-likeness (QED) is 0.664. The third kappa shape index (κ3) is 4.65. The highest BCUT2D eigenvalue weighted by Gasteiger charge is 2.22. The molecule has 2 aromatic rings. The van der Waals surface area contributed by atoms with Crippen molar-refractivity contribution in [1.82, 2.24) is 0 Å². The third-order valence-corrected chi connectivity index (χ3v) is 4.19. The van der Waals surface area contributed by atoms with E-state index in [1.807, 2.05) is 0 Å². The van der Waals surface area contributed by atoms with Gasteiger partial charge in [-0.3, -0.25) is 0 Å². The first kappa shape index (κ1) is 15.8. The molecule has 2 aromatic carbocycles. The van der Waals surface area contributed by atoms with Gasteiger partial charge in [0.15, 0.2) is 0 Å². The van der Waals surface area contributed by atoms with Crippen molar-refractivity contribution in [3.63, 3.8) is 0 Å². The van der Waals surface area contributed by atoms with E-state index < -0.39 is 0 Å². The molecule has 2 saturated heterocycles. The summed E-state index contributed by atoms with van der Waals surface area (Å²) in [6.07, 6.45) is 0.645. The Morgan fingerprint density at radius 2 is 1.04 bits per heavy atom. The zero-order chi connectivity index (χ0) is 16.2. The van der Waals surface area contributed by atoms with Crippen LogP contribution in [0, 0.1) is 0 Å². The van der Waals surface area contributed by atoms with Gasteiger partial charge in [0.25, 0.3) is 0 Å². The maximum atomic E-state index is 5.62. The van der Waals surface area contributed by atoms with Gasteiger partial charge in [-0.25, -0.2) is 0 Å². The molecule has 2 unspecified atom stereocenters. The second-order valence-electron chi connectivity index (χ2n) is 6.33. The van der Waals surface area contributed by atoms with Gasteiger partial charge in [-0.15, -0.1) is 0 Å². The molecule has 24 heavy (non-hydrogen) atoms. The number of epoxide rings is 2. The minimum Gasteiger partial charge on any atom is -0.374 e. The molecule has 0 amide bonds. The van der Waals surface area contributed by atoms with Crippen molar-refractivity contribution in [3.8, 4) is 11.1 Å². The Morgan fingerprint density at radius 3 is 1.38 bits per heavy atom. The molecule has 2 aliphatic rings. The van der Waals surface area contributed by atoms with E-state index in [-0.39, 0.29) is 0 Å². The van der Waals surface area contributed by atoms with Crippen LogP contribution in [-0.4, -0.2) is 38.6 Å². The van der Waals surface area contributed by atoms with Crippen molar-refractivity contribution in [3.05, 3.63) is 59.7 Å². The molecule has 0 saturated carbocycles. The molecule has 2 heterocycles. The largest absolute Gasteiger partial charge is 0.374 e. The Labute approximate surface area is 142 Å². The summed E-state index contributed by atoms with van der Waals surface area (Å²) in [7, 11) is 0. The van der Waals surface area contributed by atoms with Gasteiger partial charge >= 0.3 is 0 Å². The Kier molecular flexibility index (Phi) is 4.90. The molecular weight excluding hydrogens is 304 g/mol. The van der Waals surface area contributed by atoms with Gasteiger partial charge < -0.3 is 18.9 Å². The van der Waals surface area contributed by atoms with Crippen molar-refractivity contribution >= 4 is 0 Å². The van der Waals surface area contributed by atoms with Gasteiger partial charge in [0.05, 0.1) is 39.6 Å². The van der Waals surface area contributed by atoms with E-state index >= 15 is 0 Å². The highest BCUT2D eigenvalue weighted by Crippen LogP contribution is 2.21. The predicted octanol–water partition coefficient (Wildman–Crippen LogP) is 3.18.